The van der Waals surface area contributed by atoms with Crippen molar-refractivity contribution in [3.8, 4) is 0 Å². The summed E-state index contributed by atoms with van der Waals surface area (Å²) in [6, 6.07) is 1.43. The number of hydrogen-bond donors (Lipinski definition) is 2. The van der Waals surface area contributed by atoms with Gasteiger partial charge >= 0.3 is 0 Å². The van der Waals surface area contributed by atoms with E-state index in [4.69, 9.17) is 5.73 Å². The predicted octanol–water partition coefficient (Wildman–Crippen LogP) is 0.745. The van der Waals surface area contributed by atoms with Gasteiger partial charge in [0.1, 0.15) is 5.82 Å². The highest BCUT2D eigenvalue weighted by Gasteiger charge is 2.26. The third-order valence-electron chi connectivity index (χ3n) is 1.46. The molecule has 76 valence electrons. The van der Waals surface area contributed by atoms with E-state index in [0.29, 0.717) is 0 Å². The zero-order valence-corrected chi connectivity index (χ0v) is 7.91. The molecule has 1 amide bonds. The maximum absolute atomic E-state index is 13.1. The summed E-state index contributed by atoms with van der Waals surface area (Å²) in [5, 5.41) is 2.28. The van der Waals surface area contributed by atoms with Gasteiger partial charge in [0.25, 0.3) is 5.91 Å². The molecule has 0 spiro atoms. The molecule has 1 aromatic heterocycles. The Labute approximate surface area is 80.5 Å². The number of nitrogens with one attached hydrogen (secondary N) is 1. The second-order valence-corrected chi connectivity index (χ2v) is 3.23. The lowest BCUT2D eigenvalue weighted by molar-refractivity contribution is -0.125. The van der Waals surface area contributed by atoms with Crippen LogP contribution in [0.15, 0.2) is 12.3 Å². The lowest BCUT2D eigenvalue weighted by atomic mass is 10.1. The molecule has 1 heterocycles. The third-order valence-corrected chi connectivity index (χ3v) is 1.46. The minimum atomic E-state index is -1.94. The zero-order chi connectivity index (χ0) is 10.8. The molecular formula is C8H11FN4O. The van der Waals surface area contributed by atoms with Gasteiger partial charge in [-0.25, -0.2) is 9.37 Å². The Morgan fingerprint density at radius 1 is 1.64 bits per heavy atom. The number of nitrogens with two attached hydrogens (primary N) is 1. The molecule has 0 atom stereocenters. The zero-order valence-electron chi connectivity index (χ0n) is 7.91. The summed E-state index contributed by atoms with van der Waals surface area (Å²) >= 11 is 0. The number of anilines is 2. The van der Waals surface area contributed by atoms with Gasteiger partial charge in [-0.3, -0.25) is 4.79 Å². The molecule has 0 saturated heterocycles. The molecule has 1 aromatic rings. The third kappa shape index (κ3) is 2.65. The Bertz CT molecular complexity index is 347. The van der Waals surface area contributed by atoms with Gasteiger partial charge in [-0.05, 0) is 19.9 Å². The number of nitrogen functional groups attached to an aromatic ring is 1. The molecule has 5 nitrogen and oxygen atoms in total. The van der Waals surface area contributed by atoms with Gasteiger partial charge in [0.15, 0.2) is 5.67 Å². The van der Waals surface area contributed by atoms with Crippen LogP contribution in [0.2, 0.25) is 0 Å². The molecule has 0 aromatic carbocycles. The summed E-state index contributed by atoms with van der Waals surface area (Å²) in [7, 11) is 0. The number of carbonyl (C=O) groups is 1. The SMILES string of the molecule is CC(C)(F)C(=O)Nc1ccnc(N)n1. The van der Waals surface area contributed by atoms with Crippen LogP contribution >= 0.6 is 0 Å². The molecule has 0 fully saturated rings. The lowest BCUT2D eigenvalue weighted by Crippen LogP contribution is -2.32. The lowest BCUT2D eigenvalue weighted by Gasteiger charge is -2.13. The van der Waals surface area contributed by atoms with Gasteiger partial charge in [0.2, 0.25) is 5.95 Å². The normalized spacial score (nSPS) is 11.1. The van der Waals surface area contributed by atoms with Crippen molar-refractivity contribution in [1.82, 2.24) is 9.97 Å². The van der Waals surface area contributed by atoms with Crippen molar-refractivity contribution in [3.05, 3.63) is 12.3 Å². The highest BCUT2D eigenvalue weighted by molar-refractivity contribution is 5.95. The molecule has 0 unspecified atom stereocenters. The Kier molecular flexibility index (Phi) is 2.64. The van der Waals surface area contributed by atoms with E-state index in [0.717, 1.165) is 13.8 Å². The second kappa shape index (κ2) is 3.57. The fraction of sp³-hybridized carbons (Fsp3) is 0.375. The van der Waals surface area contributed by atoms with Crippen LogP contribution in [0.4, 0.5) is 16.2 Å². The van der Waals surface area contributed by atoms with Gasteiger partial charge in [-0.2, -0.15) is 4.98 Å². The molecule has 0 radical (unpaired) electrons. The standard InChI is InChI=1S/C8H11FN4O/c1-8(2,9)6(14)12-5-3-4-11-7(10)13-5/h3-4H,1-2H3,(H3,10,11,12,13,14). The average molecular weight is 198 g/mol. The Morgan fingerprint density at radius 2 is 2.29 bits per heavy atom. The molecule has 0 aliphatic carbocycles. The maximum Gasteiger partial charge on any atom is 0.262 e. The minimum absolute atomic E-state index is 0.0273. The first kappa shape index (κ1) is 10.4. The van der Waals surface area contributed by atoms with E-state index >= 15 is 0 Å². The summed E-state index contributed by atoms with van der Waals surface area (Å²) in [5.41, 5.74) is 3.33. The molecule has 1 rings (SSSR count). The largest absolute Gasteiger partial charge is 0.368 e. The first-order chi connectivity index (χ1) is 6.39. The van der Waals surface area contributed by atoms with E-state index in [1.165, 1.54) is 12.3 Å². The first-order valence-electron chi connectivity index (χ1n) is 3.98. The summed E-state index contributed by atoms with van der Waals surface area (Å²) in [6.45, 7) is 2.32. The van der Waals surface area contributed by atoms with Gasteiger partial charge in [0, 0.05) is 6.20 Å². The number of amides is 1. The van der Waals surface area contributed by atoms with Crippen LogP contribution in [0.5, 0.6) is 0 Å². The van der Waals surface area contributed by atoms with Crippen molar-refractivity contribution >= 4 is 17.7 Å². The second-order valence-electron chi connectivity index (χ2n) is 3.23. The van der Waals surface area contributed by atoms with Crippen molar-refractivity contribution in [2.45, 2.75) is 19.5 Å². The number of rotatable bonds is 2. The van der Waals surface area contributed by atoms with Gasteiger partial charge in [-0.15, -0.1) is 0 Å². The van der Waals surface area contributed by atoms with Crippen molar-refractivity contribution < 1.29 is 9.18 Å². The van der Waals surface area contributed by atoms with Crippen LogP contribution in [0.3, 0.4) is 0 Å². The summed E-state index contributed by atoms with van der Waals surface area (Å²) in [5.74, 6) is -0.553. The quantitative estimate of drug-likeness (QED) is 0.734. The number of nitrogens with zero attached hydrogens (tertiary/aromatic N) is 2. The molecule has 0 saturated carbocycles. The maximum atomic E-state index is 13.1. The van der Waals surface area contributed by atoms with Gasteiger partial charge in [0.05, 0.1) is 0 Å². The van der Waals surface area contributed by atoms with Gasteiger partial charge < -0.3 is 11.1 Å². The molecule has 6 heteroatoms. The van der Waals surface area contributed by atoms with Crippen molar-refractivity contribution in [3.63, 3.8) is 0 Å². The Hall–Kier alpha value is -1.72. The number of carbonyl (C=O) groups excluding carboxylic acids is 1. The van der Waals surface area contributed by atoms with Crippen molar-refractivity contribution in [1.29, 1.82) is 0 Å². The molecule has 0 aliphatic rings. The van der Waals surface area contributed by atoms with Crippen molar-refractivity contribution in [2.75, 3.05) is 11.1 Å². The summed E-state index contributed by atoms with van der Waals surface area (Å²) in [4.78, 5) is 18.5. The van der Waals surface area contributed by atoms with Crippen LogP contribution in [0.25, 0.3) is 0 Å². The van der Waals surface area contributed by atoms with E-state index in [1.807, 2.05) is 0 Å². The summed E-state index contributed by atoms with van der Waals surface area (Å²) in [6.07, 6.45) is 1.38. The Balaban J connectivity index is 2.75. The number of alkyl halides is 1. The average Bonchev–Trinajstić information content (AvgIpc) is 2.02. The van der Waals surface area contributed by atoms with Crippen LogP contribution < -0.4 is 11.1 Å². The van der Waals surface area contributed by atoms with Crippen LogP contribution in [0.1, 0.15) is 13.8 Å². The van der Waals surface area contributed by atoms with Gasteiger partial charge in [-0.1, -0.05) is 0 Å². The predicted molar refractivity (Wildman–Crippen MR) is 50.3 cm³/mol. The fourth-order valence-electron chi connectivity index (χ4n) is 0.708. The van der Waals surface area contributed by atoms with Crippen LogP contribution in [-0.4, -0.2) is 21.5 Å². The highest BCUT2D eigenvalue weighted by Crippen LogP contribution is 2.12. The monoisotopic (exact) mass is 198 g/mol. The van der Waals surface area contributed by atoms with Crippen LogP contribution in [0, 0.1) is 0 Å². The fourth-order valence-corrected chi connectivity index (χ4v) is 0.708. The van der Waals surface area contributed by atoms with E-state index in [2.05, 4.69) is 15.3 Å². The molecule has 14 heavy (non-hydrogen) atoms. The number of aromatic nitrogens is 2. The van der Waals surface area contributed by atoms with E-state index in [-0.39, 0.29) is 11.8 Å². The number of hydrogen-bond acceptors (Lipinski definition) is 4. The molecule has 0 bridgehead atoms. The topological polar surface area (TPSA) is 80.9 Å². The van der Waals surface area contributed by atoms with E-state index in [1.54, 1.807) is 0 Å². The highest BCUT2D eigenvalue weighted by atomic mass is 19.1. The summed E-state index contributed by atoms with van der Waals surface area (Å²) < 4.78 is 13.1. The van der Waals surface area contributed by atoms with E-state index < -0.39 is 11.6 Å². The van der Waals surface area contributed by atoms with Crippen molar-refractivity contribution in [2.24, 2.45) is 0 Å². The molecule has 3 N–H and O–H groups in total. The smallest absolute Gasteiger partial charge is 0.262 e. The minimum Gasteiger partial charge on any atom is -0.368 e. The number of halogens is 1. The molecule has 0 aliphatic heterocycles. The van der Waals surface area contributed by atoms with Crippen LogP contribution in [-0.2, 0) is 4.79 Å². The molecular weight excluding hydrogens is 187 g/mol. The van der Waals surface area contributed by atoms with E-state index in [9.17, 15) is 9.18 Å². The Morgan fingerprint density at radius 3 is 2.79 bits per heavy atom. The first-order valence-corrected chi connectivity index (χ1v) is 3.98.